The molecule has 0 saturated carbocycles. The van der Waals surface area contributed by atoms with Crippen LogP contribution in [0, 0.1) is 5.92 Å². The van der Waals surface area contributed by atoms with Crippen molar-refractivity contribution in [2.45, 2.75) is 13.3 Å². The van der Waals surface area contributed by atoms with E-state index >= 15 is 0 Å². The number of carbonyl (C=O) groups excluding carboxylic acids is 1. The summed E-state index contributed by atoms with van der Waals surface area (Å²) in [4.78, 5) is 18.6. The van der Waals surface area contributed by atoms with Crippen molar-refractivity contribution in [3.63, 3.8) is 0 Å². The maximum Gasteiger partial charge on any atom is 0.269 e. The van der Waals surface area contributed by atoms with Crippen molar-refractivity contribution in [2.24, 2.45) is 5.92 Å². The minimum absolute atomic E-state index is 0.0886. The molecular formula is C14H22N4O. The fraction of sp³-hybridized carbons (Fsp3) is 0.571. The third-order valence-electron chi connectivity index (χ3n) is 3.38. The number of carbonyl (C=O) groups is 1. The molecule has 0 aromatic carbocycles. The van der Waals surface area contributed by atoms with Crippen LogP contribution in [0.1, 0.15) is 23.8 Å². The smallest absolute Gasteiger partial charge is 0.269 e. The molecule has 2 heterocycles. The molecule has 1 unspecified atom stereocenters. The Hall–Kier alpha value is -1.62. The number of amides is 1. The molecule has 1 aliphatic heterocycles. The first-order chi connectivity index (χ1) is 9.19. The van der Waals surface area contributed by atoms with Gasteiger partial charge in [-0.3, -0.25) is 4.79 Å². The molecule has 5 nitrogen and oxygen atoms in total. The third kappa shape index (κ3) is 3.92. The van der Waals surface area contributed by atoms with Gasteiger partial charge in [0.25, 0.3) is 5.91 Å². The van der Waals surface area contributed by atoms with E-state index in [9.17, 15) is 4.79 Å². The molecule has 2 N–H and O–H groups in total. The predicted molar refractivity (Wildman–Crippen MR) is 76.3 cm³/mol. The third-order valence-corrected chi connectivity index (χ3v) is 3.38. The van der Waals surface area contributed by atoms with Gasteiger partial charge in [-0.15, -0.1) is 0 Å². The average Bonchev–Trinajstić information content (AvgIpc) is 2.82. The summed E-state index contributed by atoms with van der Waals surface area (Å²) in [5, 5.41) is 6.08. The number of likely N-dealkylation sites (tertiary alicyclic amines) is 1. The van der Waals surface area contributed by atoms with Crippen molar-refractivity contribution in [3.05, 3.63) is 23.9 Å². The molecule has 5 heteroatoms. The van der Waals surface area contributed by atoms with E-state index in [1.54, 1.807) is 6.07 Å². The van der Waals surface area contributed by atoms with Gasteiger partial charge >= 0.3 is 0 Å². The van der Waals surface area contributed by atoms with Gasteiger partial charge in [-0.2, -0.15) is 0 Å². The zero-order chi connectivity index (χ0) is 13.7. The Morgan fingerprint density at radius 2 is 2.37 bits per heavy atom. The summed E-state index contributed by atoms with van der Waals surface area (Å²) in [6.45, 7) is 5.72. The quantitative estimate of drug-likeness (QED) is 0.837. The molecule has 2 rings (SSSR count). The summed E-state index contributed by atoms with van der Waals surface area (Å²) in [5.74, 6) is 1.22. The molecule has 1 aromatic rings. The van der Waals surface area contributed by atoms with Gasteiger partial charge in [-0.1, -0.05) is 6.07 Å². The first-order valence-electron chi connectivity index (χ1n) is 6.86. The van der Waals surface area contributed by atoms with Crippen molar-refractivity contribution in [3.8, 4) is 0 Å². The second-order valence-corrected chi connectivity index (χ2v) is 5.07. The summed E-state index contributed by atoms with van der Waals surface area (Å²) < 4.78 is 0. The molecule has 0 spiro atoms. The molecule has 19 heavy (non-hydrogen) atoms. The normalized spacial score (nSPS) is 19.4. The highest BCUT2D eigenvalue weighted by atomic mass is 16.1. The van der Waals surface area contributed by atoms with Gasteiger partial charge in [0, 0.05) is 19.6 Å². The highest BCUT2D eigenvalue weighted by Crippen LogP contribution is 2.13. The summed E-state index contributed by atoms with van der Waals surface area (Å²) in [6, 6.07) is 5.46. The van der Waals surface area contributed by atoms with Crippen LogP contribution in [0.15, 0.2) is 18.2 Å². The van der Waals surface area contributed by atoms with E-state index in [4.69, 9.17) is 0 Å². The standard InChI is InChI=1S/C14H22N4O/c1-3-15-13-6-4-5-12(17-13)14(19)16-9-11-7-8-18(2)10-11/h4-6,11H,3,7-10H2,1-2H3,(H,15,17)(H,16,19). The topological polar surface area (TPSA) is 57.3 Å². The van der Waals surface area contributed by atoms with Crippen LogP contribution in [-0.4, -0.2) is 49.0 Å². The average molecular weight is 262 g/mol. The van der Waals surface area contributed by atoms with Crippen molar-refractivity contribution in [1.29, 1.82) is 0 Å². The molecule has 0 radical (unpaired) electrons. The van der Waals surface area contributed by atoms with Gasteiger partial charge in [0.2, 0.25) is 0 Å². The van der Waals surface area contributed by atoms with Crippen LogP contribution in [0.5, 0.6) is 0 Å². The van der Waals surface area contributed by atoms with Crippen LogP contribution < -0.4 is 10.6 Å². The first-order valence-corrected chi connectivity index (χ1v) is 6.86. The number of anilines is 1. The van der Waals surface area contributed by atoms with E-state index in [0.29, 0.717) is 11.6 Å². The Kier molecular flexibility index (Phi) is 4.74. The molecule has 1 aliphatic rings. The van der Waals surface area contributed by atoms with E-state index in [0.717, 1.165) is 38.4 Å². The lowest BCUT2D eigenvalue weighted by molar-refractivity contribution is 0.0942. The summed E-state index contributed by atoms with van der Waals surface area (Å²) in [6.07, 6.45) is 1.15. The Bertz CT molecular complexity index is 435. The van der Waals surface area contributed by atoms with Crippen molar-refractivity contribution in [1.82, 2.24) is 15.2 Å². The lowest BCUT2D eigenvalue weighted by Crippen LogP contribution is -2.31. The Morgan fingerprint density at radius 1 is 1.53 bits per heavy atom. The van der Waals surface area contributed by atoms with Crippen LogP contribution in [0.3, 0.4) is 0 Å². The summed E-state index contributed by atoms with van der Waals surface area (Å²) in [7, 11) is 2.11. The Morgan fingerprint density at radius 3 is 3.05 bits per heavy atom. The molecule has 1 atom stereocenters. The monoisotopic (exact) mass is 262 g/mol. The fourth-order valence-electron chi connectivity index (χ4n) is 2.36. The van der Waals surface area contributed by atoms with Crippen LogP contribution in [0.4, 0.5) is 5.82 Å². The highest BCUT2D eigenvalue weighted by molar-refractivity contribution is 5.92. The maximum absolute atomic E-state index is 12.0. The van der Waals surface area contributed by atoms with Gasteiger partial charge < -0.3 is 15.5 Å². The predicted octanol–water partition coefficient (Wildman–Crippen LogP) is 1.19. The van der Waals surface area contributed by atoms with Crippen molar-refractivity contribution in [2.75, 3.05) is 38.5 Å². The maximum atomic E-state index is 12.0. The highest BCUT2D eigenvalue weighted by Gasteiger charge is 2.20. The Labute approximate surface area is 114 Å². The molecule has 1 amide bonds. The minimum atomic E-state index is -0.0886. The molecule has 0 bridgehead atoms. The molecule has 1 fully saturated rings. The molecule has 1 aromatic heterocycles. The molecule has 104 valence electrons. The van der Waals surface area contributed by atoms with E-state index in [1.165, 1.54) is 0 Å². The van der Waals surface area contributed by atoms with Gasteiger partial charge in [-0.25, -0.2) is 4.98 Å². The molecule has 0 aliphatic carbocycles. The van der Waals surface area contributed by atoms with Crippen molar-refractivity contribution >= 4 is 11.7 Å². The number of nitrogens with zero attached hydrogens (tertiary/aromatic N) is 2. The zero-order valence-electron chi connectivity index (χ0n) is 11.6. The zero-order valence-corrected chi connectivity index (χ0v) is 11.6. The number of rotatable bonds is 5. The number of pyridine rings is 1. The van der Waals surface area contributed by atoms with Gasteiger partial charge in [-0.05, 0) is 45.0 Å². The van der Waals surface area contributed by atoms with Crippen LogP contribution >= 0.6 is 0 Å². The summed E-state index contributed by atoms with van der Waals surface area (Å²) >= 11 is 0. The minimum Gasteiger partial charge on any atom is -0.370 e. The van der Waals surface area contributed by atoms with E-state index in [-0.39, 0.29) is 5.91 Å². The van der Waals surface area contributed by atoms with E-state index in [2.05, 4.69) is 27.6 Å². The largest absolute Gasteiger partial charge is 0.370 e. The fourth-order valence-corrected chi connectivity index (χ4v) is 2.36. The second-order valence-electron chi connectivity index (χ2n) is 5.07. The summed E-state index contributed by atoms with van der Waals surface area (Å²) in [5.41, 5.74) is 0.477. The van der Waals surface area contributed by atoms with Crippen LogP contribution in [0.2, 0.25) is 0 Å². The van der Waals surface area contributed by atoms with Gasteiger partial charge in [0.1, 0.15) is 11.5 Å². The van der Waals surface area contributed by atoms with E-state index in [1.807, 2.05) is 19.1 Å². The Balaban J connectivity index is 1.87. The number of aromatic nitrogens is 1. The number of hydrogen-bond acceptors (Lipinski definition) is 4. The SMILES string of the molecule is CCNc1cccc(C(=O)NCC2CCN(C)C2)n1. The molecule has 1 saturated heterocycles. The van der Waals surface area contributed by atoms with Crippen LogP contribution in [-0.2, 0) is 0 Å². The number of nitrogens with one attached hydrogen (secondary N) is 2. The second kappa shape index (κ2) is 6.52. The lowest BCUT2D eigenvalue weighted by Gasteiger charge is -2.11. The van der Waals surface area contributed by atoms with Crippen LogP contribution in [0.25, 0.3) is 0 Å². The van der Waals surface area contributed by atoms with Crippen molar-refractivity contribution < 1.29 is 4.79 Å². The first kappa shape index (κ1) is 13.8. The lowest BCUT2D eigenvalue weighted by atomic mass is 10.1. The van der Waals surface area contributed by atoms with Gasteiger partial charge in [0.05, 0.1) is 0 Å². The molecular weight excluding hydrogens is 240 g/mol. The van der Waals surface area contributed by atoms with Gasteiger partial charge in [0.15, 0.2) is 0 Å². The van der Waals surface area contributed by atoms with E-state index < -0.39 is 0 Å². The number of hydrogen-bond donors (Lipinski definition) is 2.